The second kappa shape index (κ2) is 9.47. The van der Waals surface area contributed by atoms with Gasteiger partial charge in [-0.25, -0.2) is 4.98 Å². The summed E-state index contributed by atoms with van der Waals surface area (Å²) in [5, 5.41) is 8.22. The van der Waals surface area contributed by atoms with E-state index >= 15 is 0 Å². The third kappa shape index (κ3) is 5.04. The second-order valence-electron chi connectivity index (χ2n) is 7.81. The molecule has 0 aliphatic carbocycles. The topological polar surface area (TPSA) is 88.8 Å². The van der Waals surface area contributed by atoms with E-state index in [1.165, 1.54) is 21.9 Å². The van der Waals surface area contributed by atoms with Gasteiger partial charge in [0.25, 0.3) is 5.56 Å². The van der Waals surface area contributed by atoms with Crippen molar-refractivity contribution in [1.82, 2.24) is 19.9 Å². The Labute approximate surface area is 184 Å². The van der Waals surface area contributed by atoms with Crippen LogP contribution in [0.5, 0.6) is 5.75 Å². The number of ether oxygens (including phenoxy) is 1. The molecule has 164 valence electrons. The molecule has 1 atom stereocenters. The number of piperidine rings is 1. The summed E-state index contributed by atoms with van der Waals surface area (Å²) in [5.41, 5.74) is 1.54. The van der Waals surface area contributed by atoms with E-state index in [9.17, 15) is 9.59 Å². The molecule has 0 radical (unpaired) electrons. The maximum atomic E-state index is 12.8. The summed E-state index contributed by atoms with van der Waals surface area (Å²) in [7, 11) is 0. The van der Waals surface area contributed by atoms with Crippen LogP contribution in [-0.2, 0) is 11.3 Å². The smallest absolute Gasteiger partial charge is 0.275 e. The normalized spacial score (nSPS) is 16.5. The average Bonchev–Trinajstić information content (AvgIpc) is 3.21. The molecule has 1 amide bonds. The molecule has 1 fully saturated rings. The minimum atomic E-state index is -0.178. The number of rotatable bonds is 7. The Bertz CT molecular complexity index is 1110. The molecular formula is C22H27N5O3S. The molecule has 0 saturated carbocycles. The van der Waals surface area contributed by atoms with Gasteiger partial charge in [-0.2, -0.15) is 4.52 Å². The predicted octanol–water partition coefficient (Wildman–Crippen LogP) is 2.78. The Morgan fingerprint density at radius 2 is 2.13 bits per heavy atom. The van der Waals surface area contributed by atoms with Gasteiger partial charge in [0.1, 0.15) is 5.75 Å². The monoisotopic (exact) mass is 441 g/mol. The highest BCUT2D eigenvalue weighted by atomic mass is 32.1. The minimum Gasteiger partial charge on any atom is -0.494 e. The van der Waals surface area contributed by atoms with Gasteiger partial charge in [0.05, 0.1) is 12.5 Å². The number of aromatic nitrogens is 3. The zero-order valence-corrected chi connectivity index (χ0v) is 18.7. The molecule has 3 heterocycles. The van der Waals surface area contributed by atoms with Crippen molar-refractivity contribution in [2.24, 2.45) is 5.92 Å². The maximum Gasteiger partial charge on any atom is 0.275 e. The number of aryl methyl sites for hydroxylation is 1. The van der Waals surface area contributed by atoms with Gasteiger partial charge in [0, 0.05) is 31.4 Å². The Morgan fingerprint density at radius 3 is 2.90 bits per heavy atom. The van der Waals surface area contributed by atoms with Crippen LogP contribution in [0.15, 0.2) is 35.1 Å². The van der Waals surface area contributed by atoms with Crippen LogP contribution >= 0.6 is 11.3 Å². The highest BCUT2D eigenvalue weighted by Gasteiger charge is 2.27. The molecule has 0 unspecified atom stereocenters. The Kier molecular flexibility index (Phi) is 6.50. The van der Waals surface area contributed by atoms with Crippen molar-refractivity contribution in [2.75, 3.05) is 24.6 Å². The SMILES string of the molecule is CCCOc1ccc(CNC(=O)[C@@H]2CCCN(c3nn4c(=O)cc(C)nc4s3)C2)cc1. The molecule has 3 aromatic rings. The van der Waals surface area contributed by atoms with Crippen LogP contribution in [0.1, 0.15) is 37.4 Å². The molecule has 31 heavy (non-hydrogen) atoms. The second-order valence-corrected chi connectivity index (χ2v) is 8.74. The first kappa shape index (κ1) is 21.3. The number of hydrogen-bond donors (Lipinski definition) is 1. The van der Waals surface area contributed by atoms with E-state index in [-0.39, 0.29) is 17.4 Å². The van der Waals surface area contributed by atoms with Crippen LogP contribution in [0, 0.1) is 12.8 Å². The van der Waals surface area contributed by atoms with Gasteiger partial charge in [-0.1, -0.05) is 30.4 Å². The molecule has 1 aliphatic heterocycles. The highest BCUT2D eigenvalue weighted by molar-refractivity contribution is 7.20. The summed E-state index contributed by atoms with van der Waals surface area (Å²) in [6.45, 7) is 6.47. The quantitative estimate of drug-likeness (QED) is 0.607. The van der Waals surface area contributed by atoms with E-state index in [4.69, 9.17) is 4.74 Å². The number of carbonyl (C=O) groups is 1. The highest BCUT2D eigenvalue weighted by Crippen LogP contribution is 2.27. The Morgan fingerprint density at radius 1 is 1.32 bits per heavy atom. The van der Waals surface area contributed by atoms with Crippen molar-refractivity contribution in [2.45, 2.75) is 39.7 Å². The number of fused-ring (bicyclic) bond motifs is 1. The van der Waals surface area contributed by atoms with E-state index in [2.05, 4.69) is 27.2 Å². The fourth-order valence-electron chi connectivity index (χ4n) is 3.66. The van der Waals surface area contributed by atoms with E-state index in [1.54, 1.807) is 6.92 Å². The summed E-state index contributed by atoms with van der Waals surface area (Å²) in [4.78, 5) is 32.0. The zero-order chi connectivity index (χ0) is 21.8. The first-order chi connectivity index (χ1) is 15.0. The summed E-state index contributed by atoms with van der Waals surface area (Å²) < 4.78 is 6.93. The molecule has 2 aromatic heterocycles. The number of hydrogen-bond acceptors (Lipinski definition) is 7. The minimum absolute atomic E-state index is 0.0447. The standard InChI is InChI=1S/C22H27N5O3S/c1-3-11-30-18-8-6-16(7-9-18)13-23-20(29)17-5-4-10-26(14-17)22-25-27-19(28)12-15(2)24-21(27)31-22/h6-9,12,17H,3-5,10-11,13-14H2,1-2H3,(H,23,29)/t17-/m1/s1. The molecular weight excluding hydrogens is 414 g/mol. The fourth-order valence-corrected chi connectivity index (χ4v) is 4.65. The Hall–Kier alpha value is -2.94. The van der Waals surface area contributed by atoms with Crippen LogP contribution in [0.2, 0.25) is 0 Å². The number of anilines is 1. The molecule has 4 rings (SSSR count). The lowest BCUT2D eigenvalue weighted by atomic mass is 9.97. The third-order valence-corrected chi connectivity index (χ3v) is 6.26. The zero-order valence-electron chi connectivity index (χ0n) is 17.8. The van der Waals surface area contributed by atoms with Gasteiger partial charge >= 0.3 is 0 Å². The van der Waals surface area contributed by atoms with Crippen molar-refractivity contribution >= 4 is 27.3 Å². The van der Waals surface area contributed by atoms with Crippen molar-refractivity contribution in [3.8, 4) is 5.75 Å². The molecule has 0 spiro atoms. The first-order valence-electron chi connectivity index (χ1n) is 10.7. The van der Waals surface area contributed by atoms with Gasteiger partial charge < -0.3 is 15.0 Å². The predicted molar refractivity (Wildman–Crippen MR) is 121 cm³/mol. The number of benzene rings is 1. The van der Waals surface area contributed by atoms with E-state index in [0.29, 0.717) is 30.4 Å². The average molecular weight is 442 g/mol. The number of nitrogens with zero attached hydrogens (tertiary/aromatic N) is 4. The molecule has 1 saturated heterocycles. The van der Waals surface area contributed by atoms with E-state index < -0.39 is 0 Å². The molecule has 9 heteroatoms. The van der Waals surface area contributed by atoms with Crippen molar-refractivity contribution in [3.05, 3.63) is 51.9 Å². The van der Waals surface area contributed by atoms with Gasteiger partial charge in [0.15, 0.2) is 0 Å². The van der Waals surface area contributed by atoms with Gasteiger partial charge in [-0.3, -0.25) is 9.59 Å². The van der Waals surface area contributed by atoms with Crippen LogP contribution in [0.3, 0.4) is 0 Å². The fraction of sp³-hybridized carbons (Fsp3) is 0.455. The summed E-state index contributed by atoms with van der Waals surface area (Å²) in [5.74, 6) is 0.780. The summed E-state index contributed by atoms with van der Waals surface area (Å²) >= 11 is 1.39. The first-order valence-corrected chi connectivity index (χ1v) is 11.5. The van der Waals surface area contributed by atoms with Gasteiger partial charge in [-0.05, 0) is 43.9 Å². The van der Waals surface area contributed by atoms with Crippen molar-refractivity contribution < 1.29 is 9.53 Å². The van der Waals surface area contributed by atoms with Gasteiger partial charge in [0.2, 0.25) is 16.0 Å². The lowest BCUT2D eigenvalue weighted by molar-refractivity contribution is -0.125. The van der Waals surface area contributed by atoms with Crippen LogP contribution in [0.4, 0.5) is 5.13 Å². The lowest BCUT2D eigenvalue weighted by Gasteiger charge is -2.31. The number of carbonyl (C=O) groups excluding carboxylic acids is 1. The molecule has 1 aromatic carbocycles. The molecule has 0 bridgehead atoms. The maximum absolute atomic E-state index is 12.8. The Balaban J connectivity index is 1.36. The molecule has 1 aliphatic rings. The third-order valence-electron chi connectivity index (χ3n) is 5.29. The summed E-state index contributed by atoms with van der Waals surface area (Å²) in [6.07, 6.45) is 2.72. The molecule has 1 N–H and O–H groups in total. The summed E-state index contributed by atoms with van der Waals surface area (Å²) in [6, 6.07) is 9.30. The van der Waals surface area contributed by atoms with Crippen molar-refractivity contribution in [3.63, 3.8) is 0 Å². The molecule has 8 nitrogen and oxygen atoms in total. The van der Waals surface area contributed by atoms with Gasteiger partial charge in [-0.15, -0.1) is 5.10 Å². The largest absolute Gasteiger partial charge is 0.494 e. The van der Waals surface area contributed by atoms with Crippen LogP contribution in [0.25, 0.3) is 4.96 Å². The van der Waals surface area contributed by atoms with Crippen LogP contribution in [-0.4, -0.2) is 40.2 Å². The van der Waals surface area contributed by atoms with Crippen molar-refractivity contribution in [1.29, 1.82) is 0 Å². The number of nitrogens with one attached hydrogen (secondary N) is 1. The van der Waals surface area contributed by atoms with Crippen LogP contribution < -0.4 is 20.5 Å². The number of amides is 1. The van der Waals surface area contributed by atoms with E-state index in [0.717, 1.165) is 42.3 Å². The lowest BCUT2D eigenvalue weighted by Crippen LogP contribution is -2.43. The van der Waals surface area contributed by atoms with E-state index in [1.807, 2.05) is 24.3 Å².